The first kappa shape index (κ1) is 13.9. The van der Waals surface area contributed by atoms with Crippen LogP contribution in [0.1, 0.15) is 6.92 Å². The molecule has 0 unspecified atom stereocenters. The Bertz CT molecular complexity index is 512. The van der Waals surface area contributed by atoms with E-state index in [0.29, 0.717) is 6.61 Å². The molecule has 3 heteroatoms. The SMILES string of the molecule is CCOP(C)(C=O)(c1ccccc1)c1ccccc1. The van der Waals surface area contributed by atoms with Crippen molar-refractivity contribution >= 4 is 23.5 Å². The molecule has 0 amide bonds. The Morgan fingerprint density at radius 2 is 1.37 bits per heavy atom. The van der Waals surface area contributed by atoms with Crippen molar-refractivity contribution in [1.29, 1.82) is 0 Å². The second-order valence-corrected chi connectivity index (χ2v) is 9.33. The van der Waals surface area contributed by atoms with Crippen LogP contribution in [-0.4, -0.2) is 19.3 Å². The quantitative estimate of drug-likeness (QED) is 0.619. The predicted octanol–water partition coefficient (Wildman–Crippen LogP) is 2.96. The molecule has 2 aromatic rings. The van der Waals surface area contributed by atoms with Crippen molar-refractivity contribution in [1.82, 2.24) is 0 Å². The minimum absolute atomic E-state index is 0.511. The van der Waals surface area contributed by atoms with Gasteiger partial charge in [0.25, 0.3) is 0 Å². The summed E-state index contributed by atoms with van der Waals surface area (Å²) in [5, 5.41) is 1.94. The molecule has 0 aliphatic carbocycles. The van der Waals surface area contributed by atoms with Gasteiger partial charge < -0.3 is 0 Å². The van der Waals surface area contributed by atoms with E-state index in [2.05, 4.69) is 0 Å². The Hall–Kier alpha value is -1.50. The number of carbonyl (C=O) groups is 1. The van der Waals surface area contributed by atoms with E-state index < -0.39 is 6.83 Å². The van der Waals surface area contributed by atoms with E-state index in [4.69, 9.17) is 4.52 Å². The Balaban J connectivity index is 2.73. The Kier molecular flexibility index (Phi) is 3.84. The third-order valence-electron chi connectivity index (χ3n) is 3.51. The van der Waals surface area contributed by atoms with Crippen LogP contribution in [0, 0.1) is 0 Å². The van der Waals surface area contributed by atoms with Crippen molar-refractivity contribution in [2.24, 2.45) is 0 Å². The van der Waals surface area contributed by atoms with Gasteiger partial charge in [-0.2, -0.15) is 0 Å². The number of rotatable bonds is 5. The summed E-state index contributed by atoms with van der Waals surface area (Å²) in [4.78, 5) is 12.1. The van der Waals surface area contributed by atoms with Gasteiger partial charge in [-0.05, 0) is 0 Å². The van der Waals surface area contributed by atoms with Crippen LogP contribution in [-0.2, 0) is 9.32 Å². The van der Waals surface area contributed by atoms with Gasteiger partial charge in [-0.25, -0.2) is 0 Å². The van der Waals surface area contributed by atoms with Gasteiger partial charge >= 0.3 is 114 Å². The van der Waals surface area contributed by atoms with Crippen LogP contribution < -0.4 is 10.6 Å². The van der Waals surface area contributed by atoms with Crippen LogP contribution in [0.3, 0.4) is 0 Å². The molecule has 0 aliphatic heterocycles. The van der Waals surface area contributed by atoms with E-state index >= 15 is 0 Å². The average molecular weight is 274 g/mol. The molecular weight excluding hydrogens is 255 g/mol. The minimum atomic E-state index is -3.19. The van der Waals surface area contributed by atoms with Crippen LogP contribution in [0.2, 0.25) is 0 Å². The molecule has 0 N–H and O–H groups in total. The van der Waals surface area contributed by atoms with Gasteiger partial charge in [-0.15, -0.1) is 0 Å². The molecule has 0 aliphatic rings. The fourth-order valence-corrected chi connectivity index (χ4v) is 5.77. The van der Waals surface area contributed by atoms with Crippen molar-refractivity contribution in [3.05, 3.63) is 60.7 Å². The third-order valence-corrected chi connectivity index (χ3v) is 8.11. The van der Waals surface area contributed by atoms with E-state index in [0.717, 1.165) is 16.6 Å². The first-order chi connectivity index (χ1) is 9.14. The fraction of sp³-hybridized carbons (Fsp3) is 0.188. The molecule has 0 atom stereocenters. The summed E-state index contributed by atoms with van der Waals surface area (Å²) >= 11 is 0. The first-order valence-corrected chi connectivity index (χ1v) is 9.06. The standard InChI is InChI=1S/C16H19O2P/c1-3-18-19(2,14-17,15-10-6-4-7-11-15)16-12-8-5-9-13-16/h4-14H,3H2,1-2H3. The van der Waals surface area contributed by atoms with E-state index in [1.165, 1.54) is 0 Å². The van der Waals surface area contributed by atoms with Crippen molar-refractivity contribution < 1.29 is 9.32 Å². The molecule has 0 aromatic heterocycles. The normalized spacial score (nSPS) is 13.5. The van der Waals surface area contributed by atoms with Crippen LogP contribution in [0.5, 0.6) is 0 Å². The molecule has 2 nitrogen and oxygen atoms in total. The topological polar surface area (TPSA) is 26.3 Å². The maximum atomic E-state index is 12.1. The molecule has 0 heterocycles. The molecule has 2 aromatic carbocycles. The van der Waals surface area contributed by atoms with Crippen molar-refractivity contribution in [3.63, 3.8) is 0 Å². The first-order valence-electron chi connectivity index (χ1n) is 6.39. The number of benzene rings is 2. The zero-order valence-electron chi connectivity index (χ0n) is 11.3. The van der Waals surface area contributed by atoms with Crippen LogP contribution in [0.4, 0.5) is 0 Å². The molecule has 0 fully saturated rings. The Morgan fingerprint density at radius 1 is 0.947 bits per heavy atom. The molecule has 0 radical (unpaired) electrons. The monoisotopic (exact) mass is 274 g/mol. The third kappa shape index (κ3) is 2.22. The van der Waals surface area contributed by atoms with Gasteiger partial charge in [0, 0.05) is 0 Å². The van der Waals surface area contributed by atoms with Crippen molar-refractivity contribution in [2.45, 2.75) is 6.92 Å². The van der Waals surface area contributed by atoms with Gasteiger partial charge in [-0.3, -0.25) is 0 Å². The predicted molar refractivity (Wildman–Crippen MR) is 83.4 cm³/mol. The Labute approximate surface area is 114 Å². The Morgan fingerprint density at radius 3 is 1.68 bits per heavy atom. The van der Waals surface area contributed by atoms with E-state index in [-0.39, 0.29) is 0 Å². The van der Waals surface area contributed by atoms with Gasteiger partial charge in [-0.1, -0.05) is 0 Å². The number of carbonyl (C=O) groups excluding carboxylic acids is 1. The summed E-state index contributed by atoms with van der Waals surface area (Å²) < 4.78 is 6.10. The molecular formula is C16H19O2P. The zero-order chi connectivity index (χ0) is 13.8. The summed E-state index contributed by atoms with van der Waals surface area (Å²) in [6, 6.07) is 20.7. The molecule has 0 saturated carbocycles. The van der Waals surface area contributed by atoms with E-state index in [1.807, 2.05) is 74.3 Å². The zero-order valence-corrected chi connectivity index (χ0v) is 12.2. The second-order valence-electron chi connectivity index (χ2n) is 4.74. The molecule has 0 bridgehead atoms. The summed E-state index contributed by atoms with van der Waals surface area (Å²) in [5.74, 6) is 0. The molecule has 0 saturated heterocycles. The number of hydrogen-bond acceptors (Lipinski definition) is 2. The van der Waals surface area contributed by atoms with E-state index in [9.17, 15) is 4.79 Å². The van der Waals surface area contributed by atoms with Crippen LogP contribution in [0.25, 0.3) is 0 Å². The molecule has 0 spiro atoms. The summed E-state index contributed by atoms with van der Waals surface area (Å²) in [6.07, 6.45) is 0. The van der Waals surface area contributed by atoms with Crippen LogP contribution in [0.15, 0.2) is 60.7 Å². The van der Waals surface area contributed by atoms with Crippen LogP contribution >= 0.6 is 6.83 Å². The van der Waals surface area contributed by atoms with Crippen molar-refractivity contribution in [2.75, 3.05) is 13.3 Å². The van der Waals surface area contributed by atoms with Gasteiger partial charge in [0.2, 0.25) is 0 Å². The average Bonchev–Trinajstić information content (AvgIpc) is 2.49. The summed E-state index contributed by atoms with van der Waals surface area (Å²) in [5.41, 5.74) is 0. The number of hydrogen-bond donors (Lipinski definition) is 0. The van der Waals surface area contributed by atoms with Gasteiger partial charge in [0.15, 0.2) is 0 Å². The van der Waals surface area contributed by atoms with Crippen molar-refractivity contribution in [3.8, 4) is 0 Å². The molecule has 2 rings (SSSR count). The van der Waals surface area contributed by atoms with Gasteiger partial charge in [0.05, 0.1) is 0 Å². The summed E-state index contributed by atoms with van der Waals surface area (Å²) in [7, 11) is 0. The molecule has 100 valence electrons. The second kappa shape index (κ2) is 5.24. The van der Waals surface area contributed by atoms with Gasteiger partial charge in [0.1, 0.15) is 0 Å². The summed E-state index contributed by atoms with van der Waals surface area (Å²) in [6.45, 7) is 1.21. The van der Waals surface area contributed by atoms with E-state index in [1.54, 1.807) is 0 Å². The fourth-order valence-electron chi connectivity index (χ4n) is 2.38. The maximum absolute atomic E-state index is 12.1. The molecule has 19 heavy (non-hydrogen) atoms.